The molecule has 0 amide bonds. The van der Waals surface area contributed by atoms with E-state index in [1.807, 2.05) is 12.1 Å². The molecular weight excluding hydrogens is 458 g/mol. The number of carboxylic acid groups (broad SMARTS) is 1. The van der Waals surface area contributed by atoms with E-state index >= 15 is 0 Å². The third kappa shape index (κ3) is 4.67. The molecule has 0 unspecified atom stereocenters. The number of anilines is 1. The van der Waals surface area contributed by atoms with E-state index in [1.165, 1.54) is 97.9 Å². The molecule has 0 bridgehead atoms. The van der Waals surface area contributed by atoms with Crippen LogP contribution in [0.25, 0.3) is 22.2 Å². The van der Waals surface area contributed by atoms with Crippen LogP contribution in [0.3, 0.4) is 0 Å². The zero-order valence-corrected chi connectivity index (χ0v) is 22.3. The number of likely N-dealkylation sites (tertiary alicyclic amines) is 1. The summed E-state index contributed by atoms with van der Waals surface area (Å²) in [6.07, 6.45) is 11.4. The molecule has 2 aliphatic heterocycles. The van der Waals surface area contributed by atoms with Gasteiger partial charge >= 0.3 is 5.97 Å². The Bertz CT molecular complexity index is 1280. The van der Waals surface area contributed by atoms with Gasteiger partial charge in [-0.15, -0.1) is 0 Å². The summed E-state index contributed by atoms with van der Waals surface area (Å²) >= 11 is 0. The Morgan fingerprint density at radius 2 is 1.68 bits per heavy atom. The third-order valence-electron chi connectivity index (χ3n) is 9.16. The molecule has 196 valence electrons. The molecule has 6 rings (SSSR count). The highest BCUT2D eigenvalue weighted by Gasteiger charge is 2.31. The molecule has 2 fully saturated rings. The molecule has 1 saturated carbocycles. The predicted octanol–water partition coefficient (Wildman–Crippen LogP) is 6.92. The molecule has 2 aromatic carbocycles. The zero-order valence-electron chi connectivity index (χ0n) is 22.3. The predicted molar refractivity (Wildman–Crippen MR) is 152 cm³/mol. The Morgan fingerprint density at radius 3 is 2.43 bits per heavy atom. The first-order valence-corrected chi connectivity index (χ1v) is 14.6. The lowest BCUT2D eigenvalue weighted by molar-refractivity contribution is 0.0697. The molecule has 37 heavy (non-hydrogen) atoms. The van der Waals surface area contributed by atoms with Gasteiger partial charge < -0.3 is 19.5 Å². The van der Waals surface area contributed by atoms with Crippen LogP contribution in [0.5, 0.6) is 0 Å². The molecule has 3 heterocycles. The molecule has 5 heteroatoms. The number of piperidine rings is 1. The second-order valence-electron chi connectivity index (χ2n) is 11.4. The van der Waals surface area contributed by atoms with Crippen molar-refractivity contribution in [2.45, 2.75) is 77.2 Å². The highest BCUT2D eigenvalue weighted by atomic mass is 16.4. The lowest BCUT2D eigenvalue weighted by Crippen LogP contribution is -2.38. The maximum atomic E-state index is 11.9. The maximum Gasteiger partial charge on any atom is 0.335 e. The maximum absolute atomic E-state index is 11.9. The monoisotopic (exact) mass is 499 g/mol. The number of rotatable bonds is 6. The van der Waals surface area contributed by atoms with Crippen molar-refractivity contribution in [2.24, 2.45) is 0 Å². The summed E-state index contributed by atoms with van der Waals surface area (Å²) < 4.78 is 2.47. The van der Waals surface area contributed by atoms with Crippen LogP contribution in [-0.2, 0) is 13.0 Å². The molecule has 1 aromatic heterocycles. The van der Waals surface area contributed by atoms with Gasteiger partial charge in [-0.25, -0.2) is 4.79 Å². The Labute approximate surface area is 221 Å². The fourth-order valence-electron chi connectivity index (χ4n) is 7.11. The van der Waals surface area contributed by atoms with Gasteiger partial charge in [-0.2, -0.15) is 0 Å². The Balaban J connectivity index is 1.49. The second-order valence-corrected chi connectivity index (χ2v) is 11.4. The van der Waals surface area contributed by atoms with E-state index in [-0.39, 0.29) is 0 Å². The van der Waals surface area contributed by atoms with Crippen molar-refractivity contribution in [3.05, 3.63) is 53.1 Å². The smallest absolute Gasteiger partial charge is 0.335 e. The standard InChI is InChI=1S/C32H41N3O2/c1-2-23-11-13-27-28(21-23)34(18-17-33-15-7-4-8-16-33)19-20-35-29-22-25(32(36)37)12-14-26(29)30(31(27)35)24-9-5-3-6-10-24/h11-14,21-22,24H,2-10,15-20H2,1H3,(H,36,37). The molecule has 0 spiro atoms. The number of aromatic nitrogens is 1. The van der Waals surface area contributed by atoms with Gasteiger partial charge in [0.25, 0.3) is 0 Å². The molecule has 3 aromatic rings. The van der Waals surface area contributed by atoms with Gasteiger partial charge in [0, 0.05) is 48.3 Å². The van der Waals surface area contributed by atoms with Crippen LogP contribution in [0, 0.1) is 0 Å². The molecule has 3 aliphatic rings. The van der Waals surface area contributed by atoms with Gasteiger partial charge in [0.2, 0.25) is 0 Å². The summed E-state index contributed by atoms with van der Waals surface area (Å²) in [6, 6.07) is 12.9. The molecule has 1 aliphatic carbocycles. The lowest BCUT2D eigenvalue weighted by Gasteiger charge is -2.31. The summed E-state index contributed by atoms with van der Waals surface area (Å²) in [7, 11) is 0. The van der Waals surface area contributed by atoms with Crippen LogP contribution >= 0.6 is 0 Å². The van der Waals surface area contributed by atoms with Crippen LogP contribution in [0.4, 0.5) is 5.69 Å². The van der Waals surface area contributed by atoms with E-state index in [0.717, 1.165) is 38.1 Å². The van der Waals surface area contributed by atoms with Crippen molar-refractivity contribution in [3.63, 3.8) is 0 Å². The van der Waals surface area contributed by atoms with E-state index in [4.69, 9.17) is 0 Å². The van der Waals surface area contributed by atoms with E-state index in [9.17, 15) is 9.90 Å². The minimum absolute atomic E-state index is 0.385. The minimum Gasteiger partial charge on any atom is -0.478 e. The first kappa shape index (κ1) is 24.5. The second kappa shape index (κ2) is 10.5. The fraction of sp³-hybridized carbons (Fsp3) is 0.531. The lowest BCUT2D eigenvalue weighted by atomic mass is 9.81. The highest BCUT2D eigenvalue weighted by Crippen LogP contribution is 2.47. The summed E-state index contributed by atoms with van der Waals surface area (Å²) in [6.45, 7) is 8.69. The molecular formula is C32H41N3O2. The Hall–Kier alpha value is -2.79. The van der Waals surface area contributed by atoms with Gasteiger partial charge in [0.05, 0.1) is 11.3 Å². The normalized spacial score (nSPS) is 19.0. The average molecular weight is 500 g/mol. The Morgan fingerprint density at radius 1 is 0.892 bits per heavy atom. The quantitative estimate of drug-likeness (QED) is 0.400. The van der Waals surface area contributed by atoms with Crippen LogP contribution < -0.4 is 4.90 Å². The number of aryl methyl sites for hydroxylation is 1. The van der Waals surface area contributed by atoms with Crippen molar-refractivity contribution >= 4 is 22.6 Å². The number of carbonyl (C=O) groups is 1. The van der Waals surface area contributed by atoms with Gasteiger partial charge in [0.15, 0.2) is 0 Å². The van der Waals surface area contributed by atoms with Crippen molar-refractivity contribution in [1.82, 2.24) is 9.47 Å². The average Bonchev–Trinajstić information content (AvgIpc) is 3.18. The number of nitrogens with zero attached hydrogens (tertiary/aromatic N) is 3. The van der Waals surface area contributed by atoms with Gasteiger partial charge in [-0.3, -0.25) is 0 Å². The fourth-order valence-corrected chi connectivity index (χ4v) is 7.11. The van der Waals surface area contributed by atoms with E-state index in [2.05, 4.69) is 45.6 Å². The van der Waals surface area contributed by atoms with Gasteiger partial charge in [0.1, 0.15) is 0 Å². The van der Waals surface area contributed by atoms with Crippen molar-refractivity contribution in [3.8, 4) is 11.3 Å². The molecule has 5 nitrogen and oxygen atoms in total. The summed E-state index contributed by atoms with van der Waals surface area (Å²) in [5.41, 5.74) is 8.39. The first-order chi connectivity index (χ1) is 18.1. The minimum atomic E-state index is -0.846. The van der Waals surface area contributed by atoms with Crippen LogP contribution in [0.2, 0.25) is 0 Å². The van der Waals surface area contributed by atoms with E-state index in [1.54, 1.807) is 0 Å². The van der Waals surface area contributed by atoms with Crippen molar-refractivity contribution < 1.29 is 9.90 Å². The van der Waals surface area contributed by atoms with E-state index in [0.29, 0.717) is 11.5 Å². The molecule has 0 atom stereocenters. The zero-order chi connectivity index (χ0) is 25.4. The summed E-state index contributed by atoms with van der Waals surface area (Å²) in [5.74, 6) is -0.303. The van der Waals surface area contributed by atoms with E-state index < -0.39 is 5.97 Å². The number of fused-ring (bicyclic) bond motifs is 5. The number of carboxylic acids is 1. The number of benzene rings is 2. The van der Waals surface area contributed by atoms with Crippen LogP contribution in [0.1, 0.15) is 85.7 Å². The van der Waals surface area contributed by atoms with Crippen LogP contribution in [-0.4, -0.2) is 53.3 Å². The van der Waals surface area contributed by atoms with Crippen molar-refractivity contribution in [1.29, 1.82) is 0 Å². The first-order valence-electron chi connectivity index (χ1n) is 14.6. The van der Waals surface area contributed by atoms with Crippen molar-refractivity contribution in [2.75, 3.05) is 37.6 Å². The number of hydrogen-bond acceptors (Lipinski definition) is 3. The molecule has 0 radical (unpaired) electrons. The van der Waals surface area contributed by atoms with Gasteiger partial charge in [-0.1, -0.05) is 50.8 Å². The summed E-state index contributed by atoms with van der Waals surface area (Å²) in [4.78, 5) is 17.2. The SMILES string of the molecule is CCc1ccc2c(c1)N(CCN1CCCCC1)CCn1c-2c(C2CCCCC2)c2ccc(C(=O)O)cc21. The molecule has 1 N–H and O–H groups in total. The number of hydrogen-bond donors (Lipinski definition) is 1. The number of aromatic carboxylic acids is 1. The highest BCUT2D eigenvalue weighted by molar-refractivity contribution is 5.99. The van der Waals surface area contributed by atoms with Crippen LogP contribution in [0.15, 0.2) is 36.4 Å². The Kier molecular flexibility index (Phi) is 6.98. The van der Waals surface area contributed by atoms with Gasteiger partial charge in [-0.05, 0) is 80.4 Å². The third-order valence-corrected chi connectivity index (χ3v) is 9.16. The topological polar surface area (TPSA) is 48.7 Å². The molecule has 1 saturated heterocycles. The largest absolute Gasteiger partial charge is 0.478 e. The summed E-state index contributed by atoms with van der Waals surface area (Å²) in [5, 5.41) is 11.1.